The number of hydrogen-bond acceptors (Lipinski definition) is 5. The minimum Gasteiger partial charge on any atom is -0.466 e. The van der Waals surface area contributed by atoms with Crippen molar-refractivity contribution in [2.75, 3.05) is 19.4 Å². The molecule has 0 unspecified atom stereocenters. The van der Waals surface area contributed by atoms with Crippen LogP contribution in [-0.2, 0) is 23.6 Å². The molecule has 0 radical (unpaired) electrons. The molecular formula is C10H17O7P. The lowest BCUT2D eigenvalue weighted by Crippen LogP contribution is -2.09. The van der Waals surface area contributed by atoms with Gasteiger partial charge in [-0.3, -0.25) is 9.36 Å². The molecule has 0 aliphatic rings. The molecule has 18 heavy (non-hydrogen) atoms. The maximum absolute atomic E-state index is 11.0. The van der Waals surface area contributed by atoms with Crippen LogP contribution in [0.3, 0.4) is 0 Å². The summed E-state index contributed by atoms with van der Waals surface area (Å²) in [6, 6.07) is 0. The van der Waals surface area contributed by atoms with Gasteiger partial charge in [-0.05, 0) is 12.8 Å². The van der Waals surface area contributed by atoms with E-state index in [1.54, 1.807) is 0 Å². The Labute approximate surface area is 105 Å². The monoisotopic (exact) mass is 280 g/mol. The molecule has 0 rings (SSSR count). The maximum atomic E-state index is 11.0. The minimum absolute atomic E-state index is 0.131. The summed E-state index contributed by atoms with van der Waals surface area (Å²) in [5, 5.41) is 0. The number of rotatable bonds is 9. The van der Waals surface area contributed by atoms with Gasteiger partial charge in [0.05, 0.1) is 25.8 Å². The van der Waals surface area contributed by atoms with E-state index in [-0.39, 0.29) is 19.6 Å². The van der Waals surface area contributed by atoms with Gasteiger partial charge in [-0.1, -0.05) is 6.58 Å². The topological polar surface area (TPSA) is 110 Å². The van der Waals surface area contributed by atoms with Crippen LogP contribution in [0.2, 0.25) is 0 Å². The Hall–Kier alpha value is -1.17. The molecule has 0 heterocycles. The second-order valence-corrected chi connectivity index (χ2v) is 5.21. The van der Waals surface area contributed by atoms with Crippen LogP contribution in [0.15, 0.2) is 12.7 Å². The number of unbranched alkanes of at least 4 members (excludes halogenated alkanes) is 1. The van der Waals surface area contributed by atoms with Crippen LogP contribution in [0, 0.1) is 0 Å². The Morgan fingerprint density at radius 2 is 1.72 bits per heavy atom. The molecule has 104 valence electrons. The van der Waals surface area contributed by atoms with Crippen molar-refractivity contribution in [3.05, 3.63) is 12.7 Å². The third-order valence-electron chi connectivity index (χ3n) is 1.82. The van der Waals surface area contributed by atoms with E-state index in [1.165, 1.54) is 0 Å². The zero-order valence-electron chi connectivity index (χ0n) is 9.91. The van der Waals surface area contributed by atoms with E-state index in [1.807, 2.05) is 0 Å². The average Bonchev–Trinajstić information content (AvgIpc) is 2.29. The molecule has 8 heteroatoms. The third kappa shape index (κ3) is 11.3. The molecule has 0 amide bonds. The van der Waals surface area contributed by atoms with Crippen molar-refractivity contribution < 1.29 is 33.4 Å². The molecule has 2 N–H and O–H groups in total. The van der Waals surface area contributed by atoms with Crippen molar-refractivity contribution >= 4 is 19.5 Å². The van der Waals surface area contributed by atoms with Crippen molar-refractivity contribution in [3.8, 4) is 0 Å². The van der Waals surface area contributed by atoms with Crippen molar-refractivity contribution in [1.29, 1.82) is 0 Å². The molecule has 0 aromatic heterocycles. The van der Waals surface area contributed by atoms with E-state index >= 15 is 0 Å². The molecule has 0 fully saturated rings. The van der Waals surface area contributed by atoms with Crippen molar-refractivity contribution in [1.82, 2.24) is 0 Å². The van der Waals surface area contributed by atoms with Crippen LogP contribution in [0.4, 0.5) is 0 Å². The molecule has 0 aliphatic heterocycles. The third-order valence-corrected chi connectivity index (χ3v) is 2.63. The summed E-state index contributed by atoms with van der Waals surface area (Å²) in [7, 11) is -4.15. The minimum atomic E-state index is -4.15. The number of carbonyl (C=O) groups is 2. The van der Waals surface area contributed by atoms with Gasteiger partial charge in [0.1, 0.15) is 0 Å². The van der Waals surface area contributed by atoms with Crippen LogP contribution in [-0.4, -0.2) is 41.1 Å². The van der Waals surface area contributed by atoms with Gasteiger partial charge in [-0.2, -0.15) is 0 Å². The summed E-state index contributed by atoms with van der Waals surface area (Å²) in [5.41, 5.74) is 0. The molecule has 0 aromatic rings. The Bertz CT molecular complexity index is 333. The fourth-order valence-corrected chi connectivity index (χ4v) is 1.40. The molecule has 0 aliphatic carbocycles. The first-order valence-electron chi connectivity index (χ1n) is 5.34. The standard InChI is InChI=1S/C10H17O7P/c1-2-9(11)16-6-3-4-7-17-10(12)5-8-18(13,14)15/h2H,1,3-8H2,(H2,13,14,15). The fourth-order valence-electron chi connectivity index (χ4n) is 0.931. The highest BCUT2D eigenvalue weighted by molar-refractivity contribution is 7.51. The highest BCUT2D eigenvalue weighted by Gasteiger charge is 2.15. The predicted molar refractivity (Wildman–Crippen MR) is 62.9 cm³/mol. The quantitative estimate of drug-likeness (QED) is 0.275. The smallest absolute Gasteiger partial charge is 0.330 e. The lowest BCUT2D eigenvalue weighted by Gasteiger charge is -2.06. The first-order chi connectivity index (χ1) is 8.35. The van der Waals surface area contributed by atoms with Gasteiger partial charge in [0.25, 0.3) is 0 Å². The van der Waals surface area contributed by atoms with E-state index in [0.29, 0.717) is 12.8 Å². The Kier molecular flexibility index (Phi) is 8.28. The lowest BCUT2D eigenvalue weighted by molar-refractivity contribution is -0.144. The highest BCUT2D eigenvalue weighted by atomic mass is 31.2. The van der Waals surface area contributed by atoms with Gasteiger partial charge in [0.15, 0.2) is 0 Å². The van der Waals surface area contributed by atoms with Crippen LogP contribution >= 0.6 is 7.60 Å². The van der Waals surface area contributed by atoms with E-state index in [2.05, 4.69) is 11.3 Å². The number of hydrogen-bond donors (Lipinski definition) is 2. The number of carbonyl (C=O) groups excluding carboxylic acids is 2. The predicted octanol–water partition coefficient (Wildman–Crippen LogP) is 0.607. The van der Waals surface area contributed by atoms with Crippen LogP contribution in [0.25, 0.3) is 0 Å². The second kappa shape index (κ2) is 8.85. The summed E-state index contributed by atoms with van der Waals surface area (Å²) in [6.07, 6.45) is 1.28. The van der Waals surface area contributed by atoms with E-state index in [4.69, 9.17) is 14.5 Å². The van der Waals surface area contributed by atoms with Gasteiger partial charge in [-0.15, -0.1) is 0 Å². The lowest BCUT2D eigenvalue weighted by atomic mass is 10.3. The molecule has 0 atom stereocenters. The highest BCUT2D eigenvalue weighted by Crippen LogP contribution is 2.34. The summed E-state index contributed by atoms with van der Waals surface area (Å²) >= 11 is 0. The fraction of sp³-hybridized carbons (Fsp3) is 0.600. The molecule has 0 bridgehead atoms. The van der Waals surface area contributed by atoms with E-state index in [0.717, 1.165) is 6.08 Å². The zero-order valence-corrected chi connectivity index (χ0v) is 10.8. The Balaban J connectivity index is 3.44. The van der Waals surface area contributed by atoms with Gasteiger partial charge >= 0.3 is 19.5 Å². The van der Waals surface area contributed by atoms with Crippen molar-refractivity contribution in [2.24, 2.45) is 0 Å². The summed E-state index contributed by atoms with van der Waals surface area (Å²) in [6.45, 7) is 3.58. The zero-order chi connectivity index (χ0) is 14.0. The molecule has 0 spiro atoms. The molecule has 0 saturated heterocycles. The van der Waals surface area contributed by atoms with E-state index in [9.17, 15) is 14.2 Å². The molecule has 7 nitrogen and oxygen atoms in total. The first kappa shape index (κ1) is 16.8. The Morgan fingerprint density at radius 1 is 1.17 bits per heavy atom. The summed E-state index contributed by atoms with van der Waals surface area (Å²) < 4.78 is 19.9. The van der Waals surface area contributed by atoms with Gasteiger partial charge in [-0.25, -0.2) is 4.79 Å². The first-order valence-corrected chi connectivity index (χ1v) is 7.14. The van der Waals surface area contributed by atoms with Crippen LogP contribution in [0.1, 0.15) is 19.3 Å². The van der Waals surface area contributed by atoms with Crippen LogP contribution in [0.5, 0.6) is 0 Å². The summed E-state index contributed by atoms with van der Waals surface area (Å²) in [4.78, 5) is 38.7. The maximum Gasteiger partial charge on any atom is 0.330 e. The van der Waals surface area contributed by atoms with Gasteiger partial charge in [0.2, 0.25) is 0 Å². The number of ether oxygens (including phenoxy) is 2. The van der Waals surface area contributed by atoms with Gasteiger partial charge < -0.3 is 19.3 Å². The summed E-state index contributed by atoms with van der Waals surface area (Å²) in [5.74, 6) is -1.16. The van der Waals surface area contributed by atoms with Crippen LogP contribution < -0.4 is 0 Å². The van der Waals surface area contributed by atoms with Crippen molar-refractivity contribution in [3.63, 3.8) is 0 Å². The van der Waals surface area contributed by atoms with Gasteiger partial charge in [0, 0.05) is 6.08 Å². The molecule has 0 aromatic carbocycles. The molecular weight excluding hydrogens is 263 g/mol. The average molecular weight is 280 g/mol. The molecule has 0 saturated carbocycles. The number of esters is 2. The van der Waals surface area contributed by atoms with E-state index < -0.39 is 25.7 Å². The largest absolute Gasteiger partial charge is 0.466 e. The normalized spacial score (nSPS) is 10.8. The second-order valence-electron chi connectivity index (χ2n) is 3.44. The Morgan fingerprint density at radius 3 is 2.22 bits per heavy atom. The SMILES string of the molecule is C=CC(=O)OCCCCOC(=O)CCP(=O)(O)O. The van der Waals surface area contributed by atoms with Crippen molar-refractivity contribution in [2.45, 2.75) is 19.3 Å².